The van der Waals surface area contributed by atoms with Crippen LogP contribution in [0.25, 0.3) is 0 Å². The Hall–Kier alpha value is -0.180. The Labute approximate surface area is 101 Å². The molecule has 1 N–H and O–H groups in total. The molecular formula is C12H17ClOS. The number of hydrogen-bond acceptors (Lipinski definition) is 2. The number of aliphatic hydroxyl groups excluding tert-OH is 1. The van der Waals surface area contributed by atoms with Crippen molar-refractivity contribution in [2.45, 2.75) is 31.3 Å². The summed E-state index contributed by atoms with van der Waals surface area (Å²) in [6.07, 6.45) is 0.841. The minimum absolute atomic E-state index is 0.260. The summed E-state index contributed by atoms with van der Waals surface area (Å²) in [7, 11) is 0. The average Bonchev–Trinajstić information content (AvgIpc) is 2.17. The van der Waals surface area contributed by atoms with Crippen LogP contribution in [0.4, 0.5) is 0 Å². The summed E-state index contributed by atoms with van der Waals surface area (Å²) in [6.45, 7) is 4.43. The molecule has 0 saturated carbocycles. The van der Waals surface area contributed by atoms with E-state index in [1.807, 2.05) is 24.8 Å². The van der Waals surface area contributed by atoms with Crippen molar-refractivity contribution in [1.82, 2.24) is 0 Å². The van der Waals surface area contributed by atoms with Gasteiger partial charge >= 0.3 is 0 Å². The SMILES string of the molecule is Cc1ccc(CSC(C)CCO)c(Cl)c1. The normalized spacial score (nSPS) is 12.8. The lowest BCUT2D eigenvalue weighted by Crippen LogP contribution is -2.00. The minimum atomic E-state index is 0.260. The molecule has 0 aliphatic heterocycles. The average molecular weight is 245 g/mol. The maximum Gasteiger partial charge on any atom is 0.0449 e. The molecule has 1 atom stereocenters. The van der Waals surface area contributed by atoms with E-state index in [2.05, 4.69) is 19.1 Å². The molecule has 1 unspecified atom stereocenters. The Kier molecular flexibility index (Phi) is 5.51. The molecule has 3 heteroatoms. The van der Waals surface area contributed by atoms with Crippen LogP contribution in [-0.4, -0.2) is 17.0 Å². The monoisotopic (exact) mass is 244 g/mol. The van der Waals surface area contributed by atoms with E-state index in [9.17, 15) is 0 Å². The van der Waals surface area contributed by atoms with Gasteiger partial charge in [0.15, 0.2) is 0 Å². The topological polar surface area (TPSA) is 20.2 Å². The fourth-order valence-electron chi connectivity index (χ4n) is 1.27. The van der Waals surface area contributed by atoms with Gasteiger partial charge in [0.1, 0.15) is 0 Å². The third-order valence-electron chi connectivity index (χ3n) is 2.27. The molecule has 0 aliphatic rings. The van der Waals surface area contributed by atoms with Gasteiger partial charge in [-0.1, -0.05) is 30.7 Å². The molecule has 1 aromatic carbocycles. The van der Waals surface area contributed by atoms with Crippen molar-refractivity contribution in [3.63, 3.8) is 0 Å². The predicted octanol–water partition coefficient (Wildman–Crippen LogP) is 3.65. The van der Waals surface area contributed by atoms with Gasteiger partial charge < -0.3 is 5.11 Å². The van der Waals surface area contributed by atoms with Crippen LogP contribution in [-0.2, 0) is 5.75 Å². The highest BCUT2D eigenvalue weighted by Gasteiger charge is 2.05. The Bertz CT molecular complexity index is 314. The van der Waals surface area contributed by atoms with Gasteiger partial charge in [-0.3, -0.25) is 0 Å². The van der Waals surface area contributed by atoms with Gasteiger partial charge in [0.2, 0.25) is 0 Å². The Morgan fingerprint density at radius 3 is 2.80 bits per heavy atom. The molecule has 0 aliphatic carbocycles. The quantitative estimate of drug-likeness (QED) is 0.853. The number of hydrogen-bond donors (Lipinski definition) is 1. The molecule has 0 fully saturated rings. The van der Waals surface area contributed by atoms with Crippen molar-refractivity contribution in [2.24, 2.45) is 0 Å². The van der Waals surface area contributed by atoms with Crippen molar-refractivity contribution < 1.29 is 5.11 Å². The largest absolute Gasteiger partial charge is 0.396 e. The van der Waals surface area contributed by atoms with Gasteiger partial charge in [0.25, 0.3) is 0 Å². The minimum Gasteiger partial charge on any atom is -0.396 e. The molecule has 0 aromatic heterocycles. The number of aliphatic hydroxyl groups is 1. The van der Waals surface area contributed by atoms with Crippen LogP contribution in [0.2, 0.25) is 5.02 Å². The molecule has 0 heterocycles. The van der Waals surface area contributed by atoms with Gasteiger partial charge in [-0.05, 0) is 30.5 Å². The van der Waals surface area contributed by atoms with Crippen molar-refractivity contribution >= 4 is 23.4 Å². The second-order valence-electron chi connectivity index (χ2n) is 3.73. The van der Waals surface area contributed by atoms with Crippen LogP contribution in [0.3, 0.4) is 0 Å². The highest BCUT2D eigenvalue weighted by molar-refractivity contribution is 7.99. The zero-order chi connectivity index (χ0) is 11.3. The first-order valence-corrected chi connectivity index (χ1v) is 6.53. The number of aryl methyl sites for hydroxylation is 1. The van der Waals surface area contributed by atoms with Crippen molar-refractivity contribution in [2.75, 3.05) is 6.61 Å². The maximum atomic E-state index is 8.79. The van der Waals surface area contributed by atoms with Gasteiger partial charge in [-0.25, -0.2) is 0 Å². The Morgan fingerprint density at radius 1 is 1.47 bits per heavy atom. The van der Waals surface area contributed by atoms with Gasteiger partial charge in [0.05, 0.1) is 0 Å². The first-order valence-electron chi connectivity index (χ1n) is 5.11. The third-order valence-corrected chi connectivity index (χ3v) is 3.90. The van der Waals surface area contributed by atoms with Crippen LogP contribution in [0.1, 0.15) is 24.5 Å². The van der Waals surface area contributed by atoms with E-state index in [1.165, 1.54) is 11.1 Å². The smallest absolute Gasteiger partial charge is 0.0449 e. The highest BCUT2D eigenvalue weighted by Crippen LogP contribution is 2.25. The second kappa shape index (κ2) is 6.41. The molecule has 1 aromatic rings. The van der Waals surface area contributed by atoms with E-state index in [0.29, 0.717) is 5.25 Å². The predicted molar refractivity (Wildman–Crippen MR) is 68.6 cm³/mol. The van der Waals surface area contributed by atoms with Crippen molar-refractivity contribution in [1.29, 1.82) is 0 Å². The summed E-state index contributed by atoms with van der Waals surface area (Å²) >= 11 is 7.96. The second-order valence-corrected chi connectivity index (χ2v) is 5.56. The van der Waals surface area contributed by atoms with Crippen LogP contribution in [0.5, 0.6) is 0 Å². The molecule has 0 spiro atoms. The van der Waals surface area contributed by atoms with E-state index in [0.717, 1.165) is 17.2 Å². The standard InChI is InChI=1S/C12H17ClOS/c1-9-3-4-11(12(13)7-9)8-15-10(2)5-6-14/h3-4,7,10,14H,5-6,8H2,1-2H3. The van der Waals surface area contributed by atoms with E-state index >= 15 is 0 Å². The van der Waals surface area contributed by atoms with E-state index in [1.54, 1.807) is 0 Å². The summed E-state index contributed by atoms with van der Waals surface area (Å²) in [5.74, 6) is 0.917. The zero-order valence-electron chi connectivity index (χ0n) is 9.16. The lowest BCUT2D eigenvalue weighted by atomic mass is 10.2. The first kappa shape index (κ1) is 12.9. The fraction of sp³-hybridized carbons (Fsp3) is 0.500. The maximum absolute atomic E-state index is 8.79. The molecule has 0 radical (unpaired) electrons. The van der Waals surface area contributed by atoms with Gasteiger partial charge in [-0.15, -0.1) is 0 Å². The van der Waals surface area contributed by atoms with Crippen LogP contribution >= 0.6 is 23.4 Å². The molecule has 84 valence electrons. The molecular weight excluding hydrogens is 228 g/mol. The fourth-order valence-corrected chi connectivity index (χ4v) is 2.64. The zero-order valence-corrected chi connectivity index (χ0v) is 10.7. The number of benzene rings is 1. The number of halogens is 1. The Balaban J connectivity index is 2.50. The lowest BCUT2D eigenvalue weighted by molar-refractivity contribution is 0.289. The number of rotatable bonds is 5. The molecule has 0 bridgehead atoms. The summed E-state index contributed by atoms with van der Waals surface area (Å²) in [5, 5.41) is 10.1. The van der Waals surface area contributed by atoms with Gasteiger partial charge in [0, 0.05) is 22.6 Å². The summed E-state index contributed by atoms with van der Waals surface area (Å²) in [4.78, 5) is 0. The lowest BCUT2D eigenvalue weighted by Gasteiger charge is -2.10. The Morgan fingerprint density at radius 2 is 2.20 bits per heavy atom. The van der Waals surface area contributed by atoms with Crippen molar-refractivity contribution in [3.8, 4) is 0 Å². The van der Waals surface area contributed by atoms with Crippen LogP contribution in [0.15, 0.2) is 18.2 Å². The van der Waals surface area contributed by atoms with Crippen LogP contribution in [0, 0.1) is 6.92 Å². The van der Waals surface area contributed by atoms with Crippen molar-refractivity contribution in [3.05, 3.63) is 34.3 Å². The molecule has 1 nitrogen and oxygen atoms in total. The molecule has 0 saturated heterocycles. The van der Waals surface area contributed by atoms with E-state index in [4.69, 9.17) is 16.7 Å². The van der Waals surface area contributed by atoms with E-state index in [-0.39, 0.29) is 6.61 Å². The molecule has 1 rings (SSSR count). The molecule has 15 heavy (non-hydrogen) atoms. The number of thioether (sulfide) groups is 1. The third kappa shape index (κ3) is 4.45. The van der Waals surface area contributed by atoms with Gasteiger partial charge in [-0.2, -0.15) is 11.8 Å². The van der Waals surface area contributed by atoms with E-state index < -0.39 is 0 Å². The highest BCUT2D eigenvalue weighted by atomic mass is 35.5. The first-order chi connectivity index (χ1) is 7.13. The summed E-state index contributed by atoms with van der Waals surface area (Å²) in [6, 6.07) is 6.16. The van der Waals surface area contributed by atoms with Crippen LogP contribution < -0.4 is 0 Å². The summed E-state index contributed by atoms with van der Waals surface area (Å²) < 4.78 is 0. The molecule has 0 amide bonds. The summed E-state index contributed by atoms with van der Waals surface area (Å²) in [5.41, 5.74) is 2.37.